The minimum Gasteiger partial charge on any atom is -0.456 e. The van der Waals surface area contributed by atoms with Crippen LogP contribution in [0.2, 0.25) is 5.02 Å². The minimum atomic E-state index is -0.411. The number of anilines is 1. The maximum Gasteiger partial charge on any atom is 0.306 e. The number of halogens is 1. The van der Waals surface area contributed by atoms with Crippen LogP contribution in [0.4, 0.5) is 5.69 Å². The molecule has 0 bridgehead atoms. The molecule has 1 N–H and O–H groups in total. The van der Waals surface area contributed by atoms with Gasteiger partial charge in [0.1, 0.15) is 0 Å². The molecule has 0 saturated carbocycles. The van der Waals surface area contributed by atoms with E-state index in [1.165, 1.54) is 4.70 Å². The number of fused-ring (bicyclic) bond motifs is 1. The molecule has 140 valence electrons. The van der Waals surface area contributed by atoms with Crippen LogP contribution in [0.15, 0.2) is 48.5 Å². The van der Waals surface area contributed by atoms with Gasteiger partial charge in [-0.15, -0.1) is 11.3 Å². The quantitative estimate of drug-likeness (QED) is 0.432. The number of amides is 1. The summed E-state index contributed by atoms with van der Waals surface area (Å²) in [6.07, 6.45) is 2.66. The normalized spacial score (nSPS) is 10.7. The number of hydrogen-bond acceptors (Lipinski definition) is 5. The summed E-state index contributed by atoms with van der Waals surface area (Å²) >= 11 is 7.65. The molecule has 0 fully saturated rings. The fourth-order valence-corrected chi connectivity index (χ4v) is 3.73. The molecule has 1 heterocycles. The number of ether oxygens (including phenoxy) is 1. The zero-order valence-electron chi connectivity index (χ0n) is 14.6. The van der Waals surface area contributed by atoms with Crippen LogP contribution in [0.3, 0.4) is 0 Å². The third kappa shape index (κ3) is 5.77. The van der Waals surface area contributed by atoms with Gasteiger partial charge in [-0.1, -0.05) is 35.9 Å². The maximum atomic E-state index is 11.8. The number of benzene rings is 2. The van der Waals surface area contributed by atoms with Crippen molar-refractivity contribution in [2.24, 2.45) is 0 Å². The highest BCUT2D eigenvalue weighted by atomic mass is 35.5. The second-order valence-electron chi connectivity index (χ2n) is 5.97. The number of para-hydroxylation sites is 2. The number of thiazole rings is 1. The smallest absolute Gasteiger partial charge is 0.306 e. The fourth-order valence-electron chi connectivity index (χ4n) is 2.54. The number of carbonyl (C=O) groups excluding carboxylic acids is 2. The monoisotopic (exact) mass is 402 g/mol. The van der Waals surface area contributed by atoms with E-state index in [9.17, 15) is 9.59 Å². The topological polar surface area (TPSA) is 68.3 Å². The Kier molecular flexibility index (Phi) is 6.79. The summed E-state index contributed by atoms with van der Waals surface area (Å²) in [5.41, 5.74) is 1.51. The van der Waals surface area contributed by atoms with E-state index in [4.69, 9.17) is 16.3 Å². The summed E-state index contributed by atoms with van der Waals surface area (Å²) in [4.78, 5) is 28.2. The van der Waals surface area contributed by atoms with Crippen LogP contribution < -0.4 is 5.32 Å². The molecule has 0 aliphatic carbocycles. The minimum absolute atomic E-state index is 0.282. The van der Waals surface area contributed by atoms with Crippen LogP contribution in [-0.2, 0) is 20.7 Å². The van der Waals surface area contributed by atoms with Gasteiger partial charge in [0.05, 0.1) is 25.9 Å². The second kappa shape index (κ2) is 9.48. The maximum absolute atomic E-state index is 11.8. The Morgan fingerprint density at radius 2 is 1.85 bits per heavy atom. The molecule has 1 amide bonds. The molecule has 27 heavy (non-hydrogen) atoms. The first-order chi connectivity index (χ1) is 13.1. The van der Waals surface area contributed by atoms with E-state index in [-0.39, 0.29) is 19.0 Å². The van der Waals surface area contributed by atoms with Crippen molar-refractivity contribution in [1.29, 1.82) is 0 Å². The van der Waals surface area contributed by atoms with Crippen LogP contribution in [0.25, 0.3) is 10.2 Å². The van der Waals surface area contributed by atoms with Gasteiger partial charge in [0.2, 0.25) is 0 Å². The van der Waals surface area contributed by atoms with Crippen molar-refractivity contribution in [3.63, 3.8) is 0 Å². The Bertz CT molecular complexity index is 909. The van der Waals surface area contributed by atoms with Gasteiger partial charge in [0, 0.05) is 6.42 Å². The highest BCUT2D eigenvalue weighted by molar-refractivity contribution is 7.18. The number of nitrogens with zero attached hydrogens (tertiary/aromatic N) is 1. The summed E-state index contributed by atoms with van der Waals surface area (Å²) in [6.45, 7) is -0.318. The first-order valence-electron chi connectivity index (χ1n) is 8.66. The van der Waals surface area contributed by atoms with Gasteiger partial charge in [0.25, 0.3) is 5.91 Å². The molecule has 0 radical (unpaired) electrons. The molecule has 7 heteroatoms. The number of unbranched alkanes of at least 4 members (excludes halogenated alkanes) is 1. The molecular formula is C20H19ClN2O3S. The van der Waals surface area contributed by atoms with Crippen molar-refractivity contribution in [2.45, 2.75) is 25.7 Å². The van der Waals surface area contributed by atoms with Gasteiger partial charge in [-0.05, 0) is 43.5 Å². The Labute approximate surface area is 166 Å². The summed E-state index contributed by atoms with van der Waals surface area (Å²) in [6, 6.07) is 14.9. The van der Waals surface area contributed by atoms with Gasteiger partial charge in [-0.3, -0.25) is 9.59 Å². The first-order valence-corrected chi connectivity index (χ1v) is 9.86. The largest absolute Gasteiger partial charge is 0.456 e. The van der Waals surface area contributed by atoms with E-state index in [2.05, 4.69) is 16.4 Å². The standard InChI is InChI=1S/C20H19ClN2O3S/c21-14-7-1-2-8-15(14)22-18(24)13-26-20(25)12-6-5-11-19-23-16-9-3-4-10-17(16)27-19/h1-4,7-10H,5-6,11-13H2,(H,22,24). The van der Waals surface area contributed by atoms with Gasteiger partial charge in [-0.2, -0.15) is 0 Å². The number of rotatable bonds is 8. The molecule has 2 aromatic carbocycles. The van der Waals surface area contributed by atoms with Gasteiger partial charge in [0.15, 0.2) is 6.61 Å². The SMILES string of the molecule is O=C(COC(=O)CCCCc1nc2ccccc2s1)Nc1ccccc1Cl. The lowest BCUT2D eigenvalue weighted by Crippen LogP contribution is -2.20. The van der Waals surface area contributed by atoms with E-state index in [1.807, 2.05) is 18.2 Å². The average molecular weight is 403 g/mol. The number of aryl methyl sites for hydroxylation is 1. The van der Waals surface area contributed by atoms with E-state index in [1.54, 1.807) is 35.6 Å². The lowest BCUT2D eigenvalue weighted by Gasteiger charge is -2.07. The summed E-state index contributed by atoms with van der Waals surface area (Å²) in [5.74, 6) is -0.792. The van der Waals surface area contributed by atoms with E-state index in [0.717, 1.165) is 23.4 Å². The van der Waals surface area contributed by atoms with Crippen LogP contribution in [-0.4, -0.2) is 23.5 Å². The molecule has 3 aromatic rings. The summed E-state index contributed by atoms with van der Waals surface area (Å²) in [5, 5.41) is 4.12. The predicted molar refractivity (Wildman–Crippen MR) is 108 cm³/mol. The van der Waals surface area contributed by atoms with Crippen molar-refractivity contribution < 1.29 is 14.3 Å². The van der Waals surface area contributed by atoms with E-state index in [0.29, 0.717) is 17.1 Å². The second-order valence-corrected chi connectivity index (χ2v) is 7.49. The van der Waals surface area contributed by atoms with Crippen molar-refractivity contribution in [3.8, 4) is 0 Å². The Hall–Kier alpha value is -2.44. The van der Waals surface area contributed by atoms with E-state index >= 15 is 0 Å². The molecule has 0 spiro atoms. The summed E-state index contributed by atoms with van der Waals surface area (Å²) < 4.78 is 6.19. The molecule has 1 aromatic heterocycles. The van der Waals surface area contributed by atoms with Crippen molar-refractivity contribution >= 4 is 50.7 Å². The van der Waals surface area contributed by atoms with Crippen LogP contribution >= 0.6 is 22.9 Å². The summed E-state index contributed by atoms with van der Waals surface area (Å²) in [7, 11) is 0. The predicted octanol–water partition coefficient (Wildman–Crippen LogP) is 4.84. The molecule has 0 atom stereocenters. The molecule has 0 unspecified atom stereocenters. The van der Waals surface area contributed by atoms with Crippen LogP contribution in [0, 0.1) is 0 Å². The lowest BCUT2D eigenvalue weighted by atomic mass is 10.2. The molecule has 3 rings (SSSR count). The Morgan fingerprint density at radius 1 is 1.07 bits per heavy atom. The number of esters is 1. The molecule has 0 aliphatic rings. The molecule has 0 saturated heterocycles. The average Bonchev–Trinajstić information content (AvgIpc) is 3.08. The van der Waals surface area contributed by atoms with Gasteiger partial charge < -0.3 is 10.1 Å². The molecular weight excluding hydrogens is 384 g/mol. The van der Waals surface area contributed by atoms with Crippen LogP contribution in [0.1, 0.15) is 24.3 Å². The number of aromatic nitrogens is 1. The number of hydrogen-bond donors (Lipinski definition) is 1. The third-order valence-electron chi connectivity index (χ3n) is 3.87. The van der Waals surface area contributed by atoms with Crippen molar-refractivity contribution in [1.82, 2.24) is 4.98 Å². The fraction of sp³-hybridized carbons (Fsp3) is 0.250. The highest BCUT2D eigenvalue weighted by Gasteiger charge is 2.10. The number of carbonyl (C=O) groups is 2. The zero-order valence-corrected chi connectivity index (χ0v) is 16.2. The molecule has 5 nitrogen and oxygen atoms in total. The van der Waals surface area contributed by atoms with Gasteiger partial charge >= 0.3 is 5.97 Å². The Balaban J connectivity index is 1.33. The molecule has 0 aliphatic heterocycles. The lowest BCUT2D eigenvalue weighted by molar-refractivity contribution is -0.147. The van der Waals surface area contributed by atoms with Crippen molar-refractivity contribution in [2.75, 3.05) is 11.9 Å². The highest BCUT2D eigenvalue weighted by Crippen LogP contribution is 2.23. The first kappa shape index (κ1) is 19.3. The van der Waals surface area contributed by atoms with Crippen molar-refractivity contribution in [3.05, 3.63) is 58.6 Å². The van der Waals surface area contributed by atoms with Crippen LogP contribution in [0.5, 0.6) is 0 Å². The number of nitrogens with one attached hydrogen (secondary N) is 1. The Morgan fingerprint density at radius 3 is 2.67 bits per heavy atom. The third-order valence-corrected chi connectivity index (χ3v) is 5.30. The van der Waals surface area contributed by atoms with Gasteiger partial charge in [-0.25, -0.2) is 4.98 Å². The van der Waals surface area contributed by atoms with E-state index < -0.39 is 5.91 Å². The zero-order chi connectivity index (χ0) is 19.1.